The van der Waals surface area contributed by atoms with Gasteiger partial charge in [0, 0.05) is 0 Å². The summed E-state index contributed by atoms with van der Waals surface area (Å²) in [6, 6.07) is 7.49. The van der Waals surface area contributed by atoms with Crippen molar-refractivity contribution < 1.29 is 19.0 Å². The van der Waals surface area contributed by atoms with E-state index in [9.17, 15) is 9.59 Å². The van der Waals surface area contributed by atoms with E-state index < -0.39 is 5.97 Å². The molecule has 0 spiro atoms. The summed E-state index contributed by atoms with van der Waals surface area (Å²) in [5.74, 6) is 0.351. The topological polar surface area (TPSA) is 97.5 Å². The smallest absolute Gasteiger partial charge is 0.332 e. The number of rotatable bonds is 9. The first kappa shape index (κ1) is 20.5. The lowest BCUT2D eigenvalue weighted by molar-refractivity contribution is -0.148. The number of hydrogen-bond donors (Lipinski definition) is 0. The number of benzene rings is 1. The van der Waals surface area contributed by atoms with Crippen LogP contribution in [0.1, 0.15) is 18.2 Å². The fourth-order valence-corrected chi connectivity index (χ4v) is 3.00. The first-order valence-electron chi connectivity index (χ1n) is 9.33. The average Bonchev–Trinajstić information content (AvgIpc) is 3.04. The Balaban J connectivity index is 1.74. The van der Waals surface area contributed by atoms with Crippen LogP contribution < -0.4 is 10.3 Å². The van der Waals surface area contributed by atoms with Gasteiger partial charge in [-0.1, -0.05) is 12.1 Å². The molecular weight excluding hydrogens is 376 g/mol. The summed E-state index contributed by atoms with van der Waals surface area (Å²) >= 11 is 0. The van der Waals surface area contributed by atoms with Crippen molar-refractivity contribution in [3.8, 4) is 5.75 Å². The van der Waals surface area contributed by atoms with E-state index in [0.717, 1.165) is 11.3 Å². The van der Waals surface area contributed by atoms with Crippen LogP contribution >= 0.6 is 0 Å². The summed E-state index contributed by atoms with van der Waals surface area (Å²) < 4.78 is 18.4. The van der Waals surface area contributed by atoms with Crippen molar-refractivity contribution in [2.45, 2.75) is 26.9 Å². The van der Waals surface area contributed by atoms with Gasteiger partial charge in [-0.15, -0.1) is 0 Å². The number of hydrogen-bond acceptors (Lipinski definition) is 7. The Labute approximate surface area is 167 Å². The quantitative estimate of drug-likeness (QED) is 0.397. The predicted octanol–water partition coefficient (Wildman–Crippen LogP) is 1.54. The highest BCUT2D eigenvalue weighted by atomic mass is 16.6. The van der Waals surface area contributed by atoms with Gasteiger partial charge in [0.1, 0.15) is 12.4 Å². The molecule has 9 nitrogen and oxygen atoms in total. The van der Waals surface area contributed by atoms with Crippen molar-refractivity contribution in [3.63, 3.8) is 0 Å². The lowest BCUT2D eigenvalue weighted by Crippen LogP contribution is -2.23. The number of carbonyl (C=O) groups excluding carboxylic acids is 1. The number of aromatic nitrogens is 4. The van der Waals surface area contributed by atoms with Crippen LogP contribution in [0.2, 0.25) is 0 Å². The minimum atomic E-state index is -0.405. The van der Waals surface area contributed by atoms with E-state index in [2.05, 4.69) is 10.2 Å². The molecule has 0 aliphatic rings. The van der Waals surface area contributed by atoms with E-state index in [-0.39, 0.29) is 18.8 Å². The molecule has 0 saturated carbocycles. The fourth-order valence-electron chi connectivity index (χ4n) is 3.00. The van der Waals surface area contributed by atoms with E-state index >= 15 is 0 Å². The Morgan fingerprint density at radius 2 is 1.93 bits per heavy atom. The molecule has 154 valence electrons. The summed E-state index contributed by atoms with van der Waals surface area (Å²) in [5.41, 5.74) is 2.01. The molecule has 2 aromatic heterocycles. The zero-order valence-electron chi connectivity index (χ0n) is 16.8. The lowest BCUT2D eigenvalue weighted by atomic mass is 10.2. The summed E-state index contributed by atoms with van der Waals surface area (Å²) in [5, 5.41) is 9.25. The second kappa shape index (κ2) is 9.33. The number of esters is 1. The number of nitrogens with zero attached hydrogens (tertiary/aromatic N) is 4. The van der Waals surface area contributed by atoms with Crippen LogP contribution in [0, 0.1) is 6.92 Å². The molecule has 0 fully saturated rings. The van der Waals surface area contributed by atoms with E-state index in [1.807, 2.05) is 24.3 Å². The van der Waals surface area contributed by atoms with Gasteiger partial charge in [-0.3, -0.25) is 9.48 Å². The summed E-state index contributed by atoms with van der Waals surface area (Å²) in [6.45, 7) is 4.75. The SMILES string of the molecule is CCOC(=O)COCCn1nc(C)c2c(=O)n(Cc3ccc(OC)cc3)ncc21. The molecule has 29 heavy (non-hydrogen) atoms. The van der Waals surface area contributed by atoms with E-state index in [0.29, 0.717) is 36.3 Å². The molecule has 0 unspecified atom stereocenters. The van der Waals surface area contributed by atoms with Crippen molar-refractivity contribution in [1.29, 1.82) is 0 Å². The van der Waals surface area contributed by atoms with E-state index in [1.165, 1.54) is 4.68 Å². The third-order valence-corrected chi connectivity index (χ3v) is 4.40. The zero-order chi connectivity index (χ0) is 20.8. The van der Waals surface area contributed by atoms with E-state index in [1.54, 1.807) is 31.8 Å². The minimum absolute atomic E-state index is 0.112. The number of fused-ring (bicyclic) bond motifs is 1. The average molecular weight is 400 g/mol. The molecule has 0 N–H and O–H groups in total. The molecule has 0 aliphatic heterocycles. The Morgan fingerprint density at radius 3 is 2.62 bits per heavy atom. The van der Waals surface area contributed by atoms with Gasteiger partial charge in [0.15, 0.2) is 0 Å². The van der Waals surface area contributed by atoms with Crippen LogP contribution in [0.4, 0.5) is 0 Å². The van der Waals surface area contributed by atoms with Crippen molar-refractivity contribution in [1.82, 2.24) is 19.6 Å². The van der Waals surface area contributed by atoms with Gasteiger partial charge in [-0.05, 0) is 31.5 Å². The molecule has 3 rings (SSSR count). The Hall–Kier alpha value is -3.20. The van der Waals surface area contributed by atoms with Crippen molar-refractivity contribution in [2.24, 2.45) is 0 Å². The van der Waals surface area contributed by atoms with Gasteiger partial charge in [0.05, 0.1) is 56.2 Å². The summed E-state index contributed by atoms with van der Waals surface area (Å²) in [6.07, 6.45) is 1.63. The molecule has 0 aliphatic carbocycles. The minimum Gasteiger partial charge on any atom is -0.497 e. The molecule has 9 heteroatoms. The van der Waals surface area contributed by atoms with Crippen LogP contribution in [0.15, 0.2) is 35.3 Å². The third kappa shape index (κ3) is 4.80. The molecule has 1 aromatic carbocycles. The Kier molecular flexibility index (Phi) is 6.61. The van der Waals surface area contributed by atoms with Crippen LogP contribution in [0.5, 0.6) is 5.75 Å². The van der Waals surface area contributed by atoms with Crippen LogP contribution in [-0.2, 0) is 27.4 Å². The van der Waals surface area contributed by atoms with Crippen molar-refractivity contribution in [3.05, 3.63) is 52.1 Å². The standard InChI is InChI=1S/C20H24N4O5/c1-4-29-18(25)13-28-10-9-23-17-11-21-24(20(26)19(17)14(2)22-23)12-15-5-7-16(27-3)8-6-15/h5-8,11H,4,9-10,12-13H2,1-3H3. The maximum Gasteiger partial charge on any atom is 0.332 e. The maximum atomic E-state index is 12.9. The second-order valence-electron chi connectivity index (χ2n) is 6.38. The maximum absolute atomic E-state index is 12.9. The highest BCUT2D eigenvalue weighted by Crippen LogP contribution is 2.14. The Bertz CT molecular complexity index is 1040. The van der Waals surface area contributed by atoms with Crippen LogP contribution in [0.25, 0.3) is 10.9 Å². The Morgan fingerprint density at radius 1 is 1.17 bits per heavy atom. The predicted molar refractivity (Wildman–Crippen MR) is 106 cm³/mol. The first-order chi connectivity index (χ1) is 14.0. The third-order valence-electron chi connectivity index (χ3n) is 4.40. The number of methoxy groups -OCH3 is 1. The number of aryl methyl sites for hydroxylation is 1. The molecule has 2 heterocycles. The van der Waals surface area contributed by atoms with Gasteiger partial charge in [0.25, 0.3) is 5.56 Å². The molecule has 0 radical (unpaired) electrons. The second-order valence-corrected chi connectivity index (χ2v) is 6.38. The zero-order valence-corrected chi connectivity index (χ0v) is 16.8. The largest absolute Gasteiger partial charge is 0.497 e. The number of carbonyl (C=O) groups is 1. The van der Waals surface area contributed by atoms with Gasteiger partial charge in [0.2, 0.25) is 0 Å². The summed E-state index contributed by atoms with van der Waals surface area (Å²) in [4.78, 5) is 24.2. The van der Waals surface area contributed by atoms with Crippen molar-refractivity contribution >= 4 is 16.9 Å². The molecule has 0 bridgehead atoms. The molecular formula is C20H24N4O5. The summed E-state index contributed by atoms with van der Waals surface area (Å²) in [7, 11) is 1.61. The van der Waals surface area contributed by atoms with Gasteiger partial charge in [-0.2, -0.15) is 10.2 Å². The number of ether oxygens (including phenoxy) is 3. The van der Waals surface area contributed by atoms with Crippen LogP contribution in [0.3, 0.4) is 0 Å². The first-order valence-corrected chi connectivity index (χ1v) is 9.33. The molecule has 0 atom stereocenters. The monoisotopic (exact) mass is 400 g/mol. The molecule has 3 aromatic rings. The normalized spacial score (nSPS) is 11.0. The highest BCUT2D eigenvalue weighted by Gasteiger charge is 2.14. The highest BCUT2D eigenvalue weighted by molar-refractivity contribution is 5.79. The van der Waals surface area contributed by atoms with Crippen LogP contribution in [-0.4, -0.2) is 52.5 Å². The fraction of sp³-hybridized carbons (Fsp3) is 0.400. The van der Waals surface area contributed by atoms with Gasteiger partial charge >= 0.3 is 5.97 Å². The van der Waals surface area contributed by atoms with Gasteiger partial charge in [-0.25, -0.2) is 9.48 Å². The van der Waals surface area contributed by atoms with Gasteiger partial charge < -0.3 is 14.2 Å². The lowest BCUT2D eigenvalue weighted by Gasteiger charge is -2.07. The van der Waals surface area contributed by atoms with E-state index in [4.69, 9.17) is 14.2 Å². The molecule has 0 saturated heterocycles. The molecule has 0 amide bonds. The van der Waals surface area contributed by atoms with Crippen molar-refractivity contribution in [2.75, 3.05) is 26.9 Å².